The van der Waals surface area contributed by atoms with Gasteiger partial charge in [-0.2, -0.15) is 11.8 Å². The van der Waals surface area contributed by atoms with Crippen molar-refractivity contribution in [3.63, 3.8) is 0 Å². The van der Waals surface area contributed by atoms with E-state index in [1.165, 1.54) is 38.8 Å². The fraction of sp³-hybridized carbons (Fsp3) is 1.00. The quantitative estimate of drug-likeness (QED) is 0.745. The van der Waals surface area contributed by atoms with Gasteiger partial charge in [-0.1, -0.05) is 6.42 Å². The van der Waals surface area contributed by atoms with Crippen LogP contribution < -0.4 is 5.73 Å². The van der Waals surface area contributed by atoms with Gasteiger partial charge in [-0.25, -0.2) is 0 Å². The molecule has 1 saturated carbocycles. The van der Waals surface area contributed by atoms with Crippen molar-refractivity contribution in [3.8, 4) is 0 Å². The van der Waals surface area contributed by atoms with Crippen molar-refractivity contribution in [2.24, 2.45) is 5.73 Å². The molecule has 3 heteroatoms. The Balaban J connectivity index is 1.83. The zero-order valence-electron chi connectivity index (χ0n) is 8.46. The lowest BCUT2D eigenvalue weighted by Crippen LogP contribution is -2.45. The fourth-order valence-corrected chi connectivity index (χ4v) is 3.42. The SMILES string of the molecule is CSC1(CN2CCC(N)C2)CCC1. The Hall–Kier alpha value is 0.270. The maximum Gasteiger partial charge on any atom is 0.0284 e. The molecule has 13 heavy (non-hydrogen) atoms. The average molecular weight is 200 g/mol. The zero-order chi connectivity index (χ0) is 9.31. The van der Waals surface area contributed by atoms with Crippen molar-refractivity contribution in [3.05, 3.63) is 0 Å². The maximum atomic E-state index is 5.90. The highest BCUT2D eigenvalue weighted by Crippen LogP contribution is 2.43. The van der Waals surface area contributed by atoms with Crippen molar-refractivity contribution in [2.75, 3.05) is 25.9 Å². The number of thioether (sulfide) groups is 1. The summed E-state index contributed by atoms with van der Waals surface area (Å²) in [5.74, 6) is 0. The van der Waals surface area contributed by atoms with Crippen LogP contribution in [0, 0.1) is 0 Å². The molecule has 1 saturated heterocycles. The number of nitrogens with two attached hydrogens (primary N) is 1. The van der Waals surface area contributed by atoms with Gasteiger partial charge in [0.15, 0.2) is 0 Å². The van der Waals surface area contributed by atoms with Crippen LogP contribution in [0.25, 0.3) is 0 Å². The summed E-state index contributed by atoms with van der Waals surface area (Å²) in [4.78, 5) is 2.56. The molecule has 0 aromatic rings. The second-order valence-corrected chi connectivity index (χ2v) is 5.80. The third-order valence-corrected chi connectivity index (χ3v) is 4.92. The highest BCUT2D eigenvalue weighted by atomic mass is 32.2. The molecule has 2 rings (SSSR count). The van der Waals surface area contributed by atoms with Gasteiger partial charge in [0.05, 0.1) is 0 Å². The Morgan fingerprint density at radius 3 is 2.69 bits per heavy atom. The minimum Gasteiger partial charge on any atom is -0.326 e. The van der Waals surface area contributed by atoms with Crippen LogP contribution in [0.15, 0.2) is 0 Å². The van der Waals surface area contributed by atoms with Crippen LogP contribution in [0.3, 0.4) is 0 Å². The smallest absolute Gasteiger partial charge is 0.0284 e. The molecule has 0 amide bonds. The van der Waals surface area contributed by atoms with E-state index in [4.69, 9.17) is 5.73 Å². The van der Waals surface area contributed by atoms with E-state index in [2.05, 4.69) is 22.9 Å². The summed E-state index contributed by atoms with van der Waals surface area (Å²) < 4.78 is 0.601. The summed E-state index contributed by atoms with van der Waals surface area (Å²) in [7, 11) is 0. The molecule has 0 aromatic heterocycles. The van der Waals surface area contributed by atoms with E-state index in [1.807, 2.05) is 0 Å². The molecule has 1 unspecified atom stereocenters. The van der Waals surface area contributed by atoms with Gasteiger partial charge in [0, 0.05) is 23.9 Å². The van der Waals surface area contributed by atoms with Crippen molar-refractivity contribution in [1.29, 1.82) is 0 Å². The predicted molar refractivity (Wildman–Crippen MR) is 59.1 cm³/mol. The highest BCUT2D eigenvalue weighted by Gasteiger charge is 2.38. The van der Waals surface area contributed by atoms with Gasteiger partial charge in [-0.15, -0.1) is 0 Å². The number of hydrogen-bond acceptors (Lipinski definition) is 3. The van der Waals surface area contributed by atoms with Crippen LogP contribution in [-0.4, -0.2) is 41.6 Å². The second-order valence-electron chi connectivity index (χ2n) is 4.52. The van der Waals surface area contributed by atoms with E-state index in [1.54, 1.807) is 0 Å². The topological polar surface area (TPSA) is 29.3 Å². The molecule has 2 N–H and O–H groups in total. The van der Waals surface area contributed by atoms with E-state index in [-0.39, 0.29) is 0 Å². The van der Waals surface area contributed by atoms with Crippen LogP contribution in [0.5, 0.6) is 0 Å². The third kappa shape index (κ3) is 2.03. The van der Waals surface area contributed by atoms with E-state index >= 15 is 0 Å². The lowest BCUT2D eigenvalue weighted by Gasteiger charge is -2.43. The standard InChI is InChI=1S/C10H20N2S/c1-13-10(4-2-5-10)8-12-6-3-9(11)7-12/h9H,2-8,11H2,1H3. The molecule has 1 aliphatic carbocycles. The van der Waals surface area contributed by atoms with Crippen LogP contribution in [-0.2, 0) is 0 Å². The van der Waals surface area contributed by atoms with E-state index in [0.717, 1.165) is 6.54 Å². The lowest BCUT2D eigenvalue weighted by molar-refractivity contribution is 0.233. The summed E-state index contributed by atoms with van der Waals surface area (Å²) in [5, 5.41) is 0. The Labute approximate surface area is 85.2 Å². The van der Waals surface area contributed by atoms with E-state index in [0.29, 0.717) is 10.8 Å². The number of likely N-dealkylation sites (tertiary alicyclic amines) is 1. The molecule has 0 aromatic carbocycles. The lowest BCUT2D eigenvalue weighted by atomic mass is 9.84. The first-order chi connectivity index (χ1) is 6.24. The Morgan fingerprint density at radius 2 is 2.31 bits per heavy atom. The third-order valence-electron chi connectivity index (χ3n) is 3.52. The van der Waals surface area contributed by atoms with Crippen molar-refractivity contribution in [1.82, 2.24) is 4.90 Å². The molecule has 1 aliphatic heterocycles. The highest BCUT2D eigenvalue weighted by molar-refractivity contribution is 8.00. The molecule has 2 fully saturated rings. The average Bonchev–Trinajstić information content (AvgIpc) is 2.44. The zero-order valence-corrected chi connectivity index (χ0v) is 9.28. The van der Waals surface area contributed by atoms with Gasteiger partial charge >= 0.3 is 0 Å². The summed E-state index contributed by atoms with van der Waals surface area (Å²) in [6.45, 7) is 3.63. The molecule has 0 spiro atoms. The van der Waals surface area contributed by atoms with Crippen molar-refractivity contribution in [2.45, 2.75) is 36.5 Å². The molecule has 0 radical (unpaired) electrons. The van der Waals surface area contributed by atoms with Crippen LogP contribution in [0.1, 0.15) is 25.7 Å². The summed E-state index contributed by atoms with van der Waals surface area (Å²) in [6, 6.07) is 0.444. The largest absolute Gasteiger partial charge is 0.326 e. The van der Waals surface area contributed by atoms with Crippen LogP contribution in [0.2, 0.25) is 0 Å². The van der Waals surface area contributed by atoms with Gasteiger partial charge < -0.3 is 10.6 Å². The molecule has 2 aliphatic rings. The van der Waals surface area contributed by atoms with E-state index in [9.17, 15) is 0 Å². The van der Waals surface area contributed by atoms with Crippen LogP contribution in [0.4, 0.5) is 0 Å². The molecule has 2 nitrogen and oxygen atoms in total. The summed E-state index contributed by atoms with van der Waals surface area (Å²) in [5.41, 5.74) is 5.90. The first-order valence-corrected chi connectivity index (χ1v) is 6.50. The van der Waals surface area contributed by atoms with Gasteiger partial charge in [0.1, 0.15) is 0 Å². The summed E-state index contributed by atoms with van der Waals surface area (Å²) in [6.07, 6.45) is 7.72. The molecule has 0 bridgehead atoms. The van der Waals surface area contributed by atoms with Gasteiger partial charge in [-0.05, 0) is 32.1 Å². The summed E-state index contributed by atoms with van der Waals surface area (Å²) >= 11 is 2.06. The number of rotatable bonds is 3. The molecular formula is C10H20N2S. The Bertz CT molecular complexity index is 174. The fourth-order valence-electron chi connectivity index (χ4n) is 2.41. The van der Waals surface area contributed by atoms with Gasteiger partial charge in [0.2, 0.25) is 0 Å². The first-order valence-electron chi connectivity index (χ1n) is 5.27. The van der Waals surface area contributed by atoms with Crippen molar-refractivity contribution >= 4 is 11.8 Å². The van der Waals surface area contributed by atoms with Crippen LogP contribution >= 0.6 is 11.8 Å². The molecule has 1 atom stereocenters. The number of nitrogens with zero attached hydrogens (tertiary/aromatic N) is 1. The van der Waals surface area contributed by atoms with Crippen molar-refractivity contribution < 1.29 is 0 Å². The molecule has 1 heterocycles. The van der Waals surface area contributed by atoms with E-state index < -0.39 is 0 Å². The molecule has 76 valence electrons. The van der Waals surface area contributed by atoms with Gasteiger partial charge in [-0.3, -0.25) is 0 Å². The molecular weight excluding hydrogens is 180 g/mol. The maximum absolute atomic E-state index is 5.90. The van der Waals surface area contributed by atoms with Gasteiger partial charge in [0.25, 0.3) is 0 Å². The minimum absolute atomic E-state index is 0.444. The predicted octanol–water partition coefficient (Wildman–Crippen LogP) is 1.31. The number of hydrogen-bond donors (Lipinski definition) is 1. The second kappa shape index (κ2) is 3.79. The monoisotopic (exact) mass is 200 g/mol. The minimum atomic E-state index is 0.444. The Kier molecular flexibility index (Phi) is 2.86. The first kappa shape index (κ1) is 9.81. The Morgan fingerprint density at radius 1 is 1.54 bits per heavy atom. The normalized spacial score (nSPS) is 33.2.